The molecule has 0 atom stereocenters. The molecule has 1 amide bonds. The van der Waals surface area contributed by atoms with E-state index in [-0.39, 0.29) is 11.7 Å². The van der Waals surface area contributed by atoms with E-state index >= 15 is 0 Å². The molecule has 3 aromatic carbocycles. The number of ether oxygens (including phenoxy) is 2. The molecule has 1 saturated heterocycles. The average Bonchev–Trinajstić information content (AvgIpc) is 3.35. The summed E-state index contributed by atoms with van der Waals surface area (Å²) in [6.07, 6.45) is 3.64. The number of halogens is 2. The van der Waals surface area contributed by atoms with Crippen molar-refractivity contribution in [1.82, 2.24) is 14.9 Å². The fraction of sp³-hybridized carbons (Fsp3) is 0.310. The first-order chi connectivity index (χ1) is 18.4. The van der Waals surface area contributed by atoms with E-state index in [1.54, 1.807) is 24.5 Å². The standard InChI is InChI=1S/C29H30F2N4O3/c1-3-32-29(36)22-8-7-20(13-18(22)2)35-17-34-28-24(33-16-19-9-11-37-12-10-19)14-21(15-25(28)35)38-26-6-4-5-23(30)27(26)31/h4-8,13-15,17,19,33H,3,9-12,16H2,1-2H3,(H,32,36). The highest BCUT2D eigenvalue weighted by molar-refractivity contribution is 5.96. The van der Waals surface area contributed by atoms with Crippen LogP contribution in [0.15, 0.2) is 54.9 Å². The molecule has 2 N–H and O–H groups in total. The summed E-state index contributed by atoms with van der Waals surface area (Å²) in [7, 11) is 0. The van der Waals surface area contributed by atoms with Crippen LogP contribution in [-0.4, -0.2) is 41.8 Å². The summed E-state index contributed by atoms with van der Waals surface area (Å²) in [5, 5.41) is 6.32. The highest BCUT2D eigenvalue weighted by Crippen LogP contribution is 2.34. The number of aromatic nitrogens is 2. The molecule has 0 aliphatic carbocycles. The zero-order chi connectivity index (χ0) is 26.6. The molecule has 1 fully saturated rings. The molecular weight excluding hydrogens is 490 g/mol. The van der Waals surface area contributed by atoms with Crippen LogP contribution < -0.4 is 15.4 Å². The summed E-state index contributed by atoms with van der Waals surface area (Å²) in [4.78, 5) is 17.0. The van der Waals surface area contributed by atoms with Gasteiger partial charge in [0.05, 0.1) is 11.2 Å². The number of carbonyl (C=O) groups excluding carboxylic acids is 1. The zero-order valence-electron chi connectivity index (χ0n) is 21.4. The number of carbonyl (C=O) groups is 1. The Hall–Kier alpha value is -3.98. The molecule has 38 heavy (non-hydrogen) atoms. The normalized spacial score (nSPS) is 14.0. The second-order valence-corrected chi connectivity index (χ2v) is 9.40. The maximum absolute atomic E-state index is 14.4. The van der Waals surface area contributed by atoms with Gasteiger partial charge in [0.2, 0.25) is 5.82 Å². The van der Waals surface area contributed by atoms with Gasteiger partial charge < -0.3 is 20.1 Å². The third-order valence-corrected chi connectivity index (χ3v) is 6.76. The third kappa shape index (κ3) is 5.33. The number of hydrogen-bond donors (Lipinski definition) is 2. The number of benzene rings is 3. The number of amides is 1. The van der Waals surface area contributed by atoms with Crippen molar-refractivity contribution in [2.24, 2.45) is 5.92 Å². The molecule has 0 saturated carbocycles. The lowest BCUT2D eigenvalue weighted by Gasteiger charge is -2.23. The highest BCUT2D eigenvalue weighted by atomic mass is 19.2. The zero-order valence-corrected chi connectivity index (χ0v) is 21.4. The van der Waals surface area contributed by atoms with E-state index in [0.29, 0.717) is 23.8 Å². The number of rotatable bonds is 8. The van der Waals surface area contributed by atoms with Crippen LogP contribution in [0.1, 0.15) is 35.7 Å². The van der Waals surface area contributed by atoms with Crippen LogP contribution in [0.5, 0.6) is 11.5 Å². The summed E-state index contributed by atoms with van der Waals surface area (Å²) >= 11 is 0. The lowest BCUT2D eigenvalue weighted by atomic mass is 10.0. The van der Waals surface area contributed by atoms with E-state index in [0.717, 1.165) is 66.6 Å². The minimum absolute atomic E-state index is 0.126. The molecule has 2 heterocycles. The van der Waals surface area contributed by atoms with Crippen LogP contribution in [-0.2, 0) is 4.74 Å². The Kier molecular flexibility index (Phi) is 7.55. The number of imidazole rings is 1. The van der Waals surface area contributed by atoms with Crippen molar-refractivity contribution in [2.45, 2.75) is 26.7 Å². The van der Waals surface area contributed by atoms with Gasteiger partial charge in [-0.1, -0.05) is 6.07 Å². The first kappa shape index (κ1) is 25.7. The lowest BCUT2D eigenvalue weighted by Crippen LogP contribution is -2.23. The van der Waals surface area contributed by atoms with Crippen LogP contribution in [0.4, 0.5) is 14.5 Å². The fourth-order valence-corrected chi connectivity index (χ4v) is 4.69. The summed E-state index contributed by atoms with van der Waals surface area (Å²) in [6.45, 7) is 6.51. The molecule has 0 bridgehead atoms. The third-order valence-electron chi connectivity index (χ3n) is 6.76. The second-order valence-electron chi connectivity index (χ2n) is 9.40. The molecule has 198 valence electrons. The number of anilines is 1. The number of fused-ring (bicyclic) bond motifs is 1. The van der Waals surface area contributed by atoms with Gasteiger partial charge in [0.1, 0.15) is 17.6 Å². The molecule has 9 heteroatoms. The molecule has 1 aliphatic heterocycles. The molecule has 1 aliphatic rings. The Morgan fingerprint density at radius 2 is 1.97 bits per heavy atom. The van der Waals surface area contributed by atoms with Gasteiger partial charge in [-0.05, 0) is 68.5 Å². The Balaban J connectivity index is 1.54. The lowest BCUT2D eigenvalue weighted by molar-refractivity contribution is 0.0699. The highest BCUT2D eigenvalue weighted by Gasteiger charge is 2.18. The second kappa shape index (κ2) is 11.2. The quantitative estimate of drug-likeness (QED) is 0.298. The molecular formula is C29H30F2N4O3. The first-order valence-corrected chi connectivity index (χ1v) is 12.8. The first-order valence-electron chi connectivity index (χ1n) is 12.8. The molecule has 5 rings (SSSR count). The Labute approximate surface area is 219 Å². The number of hydrogen-bond acceptors (Lipinski definition) is 5. The SMILES string of the molecule is CCNC(=O)c1ccc(-n2cnc3c(NCC4CCOCC4)cc(Oc4cccc(F)c4F)cc32)cc1C. The molecule has 4 aromatic rings. The van der Waals surface area contributed by atoms with Gasteiger partial charge in [0.15, 0.2) is 11.6 Å². The number of nitrogens with zero attached hydrogens (tertiary/aromatic N) is 2. The minimum Gasteiger partial charge on any atom is -0.454 e. The van der Waals surface area contributed by atoms with E-state index in [4.69, 9.17) is 9.47 Å². The summed E-state index contributed by atoms with van der Waals surface area (Å²) < 4.78 is 41.4. The Morgan fingerprint density at radius 3 is 2.74 bits per heavy atom. The van der Waals surface area contributed by atoms with Crippen molar-refractivity contribution in [3.05, 3.63) is 77.6 Å². The predicted molar refractivity (Wildman–Crippen MR) is 142 cm³/mol. The van der Waals surface area contributed by atoms with Gasteiger partial charge in [-0.3, -0.25) is 9.36 Å². The summed E-state index contributed by atoms with van der Waals surface area (Å²) in [5.41, 5.74) is 4.40. The van der Waals surface area contributed by atoms with Crippen molar-refractivity contribution >= 4 is 22.6 Å². The summed E-state index contributed by atoms with van der Waals surface area (Å²) in [5.74, 6) is -1.56. The largest absolute Gasteiger partial charge is 0.454 e. The van der Waals surface area contributed by atoms with E-state index in [9.17, 15) is 13.6 Å². The van der Waals surface area contributed by atoms with Gasteiger partial charge in [0.25, 0.3) is 5.91 Å². The van der Waals surface area contributed by atoms with E-state index in [1.165, 1.54) is 12.1 Å². The predicted octanol–water partition coefficient (Wildman–Crippen LogP) is 5.99. The maximum atomic E-state index is 14.4. The van der Waals surface area contributed by atoms with Gasteiger partial charge >= 0.3 is 0 Å². The van der Waals surface area contributed by atoms with Crippen LogP contribution in [0, 0.1) is 24.5 Å². The monoisotopic (exact) mass is 520 g/mol. The van der Waals surface area contributed by atoms with Gasteiger partial charge in [-0.25, -0.2) is 9.37 Å². The smallest absolute Gasteiger partial charge is 0.251 e. The van der Waals surface area contributed by atoms with Crippen molar-refractivity contribution in [1.29, 1.82) is 0 Å². The Bertz CT molecular complexity index is 1460. The van der Waals surface area contributed by atoms with Crippen molar-refractivity contribution < 1.29 is 23.0 Å². The van der Waals surface area contributed by atoms with E-state index < -0.39 is 11.6 Å². The van der Waals surface area contributed by atoms with Crippen molar-refractivity contribution in [2.75, 3.05) is 31.6 Å². The number of nitrogens with one attached hydrogen (secondary N) is 2. The van der Waals surface area contributed by atoms with Gasteiger partial charge in [-0.15, -0.1) is 0 Å². The maximum Gasteiger partial charge on any atom is 0.251 e. The van der Waals surface area contributed by atoms with Gasteiger partial charge in [-0.2, -0.15) is 4.39 Å². The van der Waals surface area contributed by atoms with Crippen LogP contribution in [0.25, 0.3) is 16.7 Å². The fourth-order valence-electron chi connectivity index (χ4n) is 4.69. The number of aryl methyl sites for hydroxylation is 1. The van der Waals surface area contributed by atoms with Crippen LogP contribution in [0.2, 0.25) is 0 Å². The molecule has 1 aromatic heterocycles. The summed E-state index contributed by atoms with van der Waals surface area (Å²) in [6, 6.07) is 12.9. The van der Waals surface area contributed by atoms with Crippen LogP contribution in [0.3, 0.4) is 0 Å². The van der Waals surface area contributed by atoms with Crippen molar-refractivity contribution in [3.63, 3.8) is 0 Å². The van der Waals surface area contributed by atoms with Crippen molar-refractivity contribution in [3.8, 4) is 17.2 Å². The Morgan fingerprint density at radius 1 is 1.16 bits per heavy atom. The van der Waals surface area contributed by atoms with Gasteiger partial charge in [0, 0.05) is 49.7 Å². The molecule has 0 spiro atoms. The van der Waals surface area contributed by atoms with E-state index in [2.05, 4.69) is 15.6 Å². The topological polar surface area (TPSA) is 77.4 Å². The minimum atomic E-state index is -1.05. The average molecular weight is 521 g/mol. The molecule has 7 nitrogen and oxygen atoms in total. The van der Waals surface area contributed by atoms with Crippen LogP contribution >= 0.6 is 0 Å². The van der Waals surface area contributed by atoms with E-state index in [1.807, 2.05) is 30.5 Å². The molecule has 0 radical (unpaired) electrons. The molecule has 0 unspecified atom stereocenters.